The molecule has 1 fully saturated rings. The molecule has 0 saturated carbocycles. The first-order valence-electron chi connectivity index (χ1n) is 9.56. The van der Waals surface area contributed by atoms with Gasteiger partial charge in [0.15, 0.2) is 0 Å². The number of carboxylic acids is 1. The van der Waals surface area contributed by atoms with Crippen molar-refractivity contribution < 1.29 is 24.4 Å². The number of rotatable bonds is 5. The lowest BCUT2D eigenvalue weighted by atomic mass is 10.2. The molecule has 2 aromatic carbocycles. The van der Waals surface area contributed by atoms with E-state index in [1.54, 1.807) is 30.3 Å². The highest BCUT2D eigenvalue weighted by atomic mass is 35.5. The maximum atomic E-state index is 12.4. The van der Waals surface area contributed by atoms with E-state index in [0.717, 1.165) is 11.8 Å². The van der Waals surface area contributed by atoms with E-state index in [0.29, 0.717) is 25.4 Å². The Labute approximate surface area is 202 Å². The summed E-state index contributed by atoms with van der Waals surface area (Å²) in [7, 11) is 0. The summed E-state index contributed by atoms with van der Waals surface area (Å²) in [5, 5.41) is 21.2. The molecule has 3 rings (SSSR count). The van der Waals surface area contributed by atoms with Crippen molar-refractivity contribution in [3.8, 4) is 0 Å². The van der Waals surface area contributed by atoms with E-state index in [1.165, 1.54) is 28.0 Å². The van der Waals surface area contributed by atoms with E-state index >= 15 is 0 Å². The Morgan fingerprint density at radius 1 is 1.00 bits per heavy atom. The normalized spacial score (nSPS) is 13.9. The molecule has 1 saturated heterocycles. The maximum absolute atomic E-state index is 12.4. The van der Waals surface area contributed by atoms with Crippen LogP contribution in [0, 0.1) is 10.1 Å². The molecule has 0 aromatic heterocycles. The summed E-state index contributed by atoms with van der Waals surface area (Å²) >= 11 is 13.2. The molecule has 0 radical (unpaired) electrons. The van der Waals surface area contributed by atoms with Crippen LogP contribution in [-0.4, -0.2) is 63.8 Å². The summed E-state index contributed by atoms with van der Waals surface area (Å²) in [5.41, 5.74) is 0.322. The molecule has 1 aliphatic rings. The van der Waals surface area contributed by atoms with E-state index in [1.807, 2.05) is 0 Å². The van der Waals surface area contributed by atoms with Crippen LogP contribution in [-0.2, 0) is 14.4 Å². The summed E-state index contributed by atoms with van der Waals surface area (Å²) in [4.78, 5) is 49.4. The number of carbonyl (C=O) groups excluding carboxylic acids is 2. The SMILES string of the molecule is O=C(O)C(=O)N1CCN(C(=O)/C=C/c2ccc(Sc3ccc(Cl)cc3Cl)c([N+](=O)[O-])c2)CC1. The number of nitro groups is 1. The topological polar surface area (TPSA) is 121 Å². The summed E-state index contributed by atoms with van der Waals surface area (Å²) in [6.45, 7) is 0.629. The van der Waals surface area contributed by atoms with Gasteiger partial charge in [-0.05, 0) is 35.9 Å². The zero-order chi connectivity index (χ0) is 24.1. The highest BCUT2D eigenvalue weighted by Gasteiger charge is 2.26. The number of piperazine rings is 1. The fourth-order valence-electron chi connectivity index (χ4n) is 3.08. The van der Waals surface area contributed by atoms with Gasteiger partial charge >= 0.3 is 11.9 Å². The molecule has 0 bridgehead atoms. The first-order chi connectivity index (χ1) is 15.7. The number of halogens is 2. The van der Waals surface area contributed by atoms with Gasteiger partial charge in [-0.2, -0.15) is 0 Å². The van der Waals surface area contributed by atoms with Crippen LogP contribution < -0.4 is 0 Å². The third kappa shape index (κ3) is 6.25. The van der Waals surface area contributed by atoms with Crippen molar-refractivity contribution >= 4 is 64.5 Å². The molecule has 2 aromatic rings. The van der Waals surface area contributed by atoms with Gasteiger partial charge in [0.2, 0.25) is 5.91 Å². The lowest BCUT2D eigenvalue weighted by Gasteiger charge is -2.33. The third-order valence-corrected chi connectivity index (χ3v) is 6.57. The Hall–Kier alpha value is -3.08. The second kappa shape index (κ2) is 10.7. The van der Waals surface area contributed by atoms with Crippen molar-refractivity contribution in [1.82, 2.24) is 9.80 Å². The largest absolute Gasteiger partial charge is 0.474 e. The number of nitrogens with zero attached hydrogens (tertiary/aromatic N) is 3. The van der Waals surface area contributed by atoms with E-state index in [2.05, 4.69) is 0 Å². The number of benzene rings is 2. The number of hydrogen-bond acceptors (Lipinski definition) is 6. The minimum atomic E-state index is -1.53. The van der Waals surface area contributed by atoms with Crippen LogP contribution in [0.2, 0.25) is 10.0 Å². The molecule has 2 amide bonds. The molecular formula is C21H17Cl2N3O6S. The highest BCUT2D eigenvalue weighted by Crippen LogP contribution is 2.39. The van der Waals surface area contributed by atoms with E-state index in [-0.39, 0.29) is 37.8 Å². The molecule has 0 atom stereocenters. The Balaban J connectivity index is 1.69. The van der Waals surface area contributed by atoms with Crippen LogP contribution in [0.5, 0.6) is 0 Å². The number of hydrogen-bond donors (Lipinski definition) is 1. The summed E-state index contributed by atoms with van der Waals surface area (Å²) < 4.78 is 0. The molecule has 1 heterocycles. The van der Waals surface area contributed by atoms with Gasteiger partial charge in [0.05, 0.1) is 14.8 Å². The number of aliphatic carboxylic acids is 1. The Morgan fingerprint density at radius 2 is 1.64 bits per heavy atom. The Morgan fingerprint density at radius 3 is 2.24 bits per heavy atom. The minimum Gasteiger partial charge on any atom is -0.474 e. The molecule has 1 N–H and O–H groups in total. The van der Waals surface area contributed by atoms with Gasteiger partial charge in [-0.3, -0.25) is 19.7 Å². The molecule has 172 valence electrons. The molecule has 33 heavy (non-hydrogen) atoms. The minimum absolute atomic E-state index is 0.120. The highest BCUT2D eigenvalue weighted by molar-refractivity contribution is 7.99. The van der Waals surface area contributed by atoms with Gasteiger partial charge in [0.25, 0.3) is 5.69 Å². The maximum Gasteiger partial charge on any atom is 0.394 e. The predicted octanol–water partition coefficient (Wildman–Crippen LogP) is 3.82. The van der Waals surface area contributed by atoms with Crippen molar-refractivity contribution in [1.29, 1.82) is 0 Å². The predicted molar refractivity (Wildman–Crippen MR) is 124 cm³/mol. The molecule has 0 aliphatic carbocycles. The summed E-state index contributed by atoms with van der Waals surface area (Å²) in [5.74, 6) is -2.87. The molecule has 0 spiro atoms. The lowest BCUT2D eigenvalue weighted by Crippen LogP contribution is -2.51. The average molecular weight is 510 g/mol. The van der Waals surface area contributed by atoms with E-state index < -0.39 is 16.8 Å². The third-order valence-electron chi connectivity index (χ3n) is 4.77. The van der Waals surface area contributed by atoms with Crippen LogP contribution in [0.15, 0.2) is 52.3 Å². The number of nitro benzene ring substituents is 1. The molecule has 9 nitrogen and oxygen atoms in total. The van der Waals surface area contributed by atoms with Gasteiger partial charge < -0.3 is 14.9 Å². The first-order valence-corrected chi connectivity index (χ1v) is 11.1. The fourth-order valence-corrected chi connectivity index (χ4v) is 4.51. The lowest BCUT2D eigenvalue weighted by molar-refractivity contribution is -0.387. The standard InChI is InChI=1S/C21H17Cl2N3O6S/c22-14-3-5-17(15(23)12-14)33-18-4-1-13(11-16(18)26(31)32)2-6-19(27)24-7-9-25(10-8-24)20(28)21(29)30/h1-6,11-12H,7-10H2,(H,29,30)/b6-2+. The van der Waals surface area contributed by atoms with Crippen molar-refractivity contribution in [2.75, 3.05) is 26.2 Å². The summed E-state index contributed by atoms with van der Waals surface area (Å²) in [6, 6.07) is 9.45. The quantitative estimate of drug-likeness (QED) is 0.281. The van der Waals surface area contributed by atoms with Crippen molar-refractivity contribution in [3.05, 3.63) is 68.2 Å². The van der Waals surface area contributed by atoms with Crippen molar-refractivity contribution in [3.63, 3.8) is 0 Å². The van der Waals surface area contributed by atoms with Gasteiger partial charge in [0, 0.05) is 48.2 Å². The van der Waals surface area contributed by atoms with Gasteiger partial charge in [0.1, 0.15) is 0 Å². The summed E-state index contributed by atoms with van der Waals surface area (Å²) in [6.07, 6.45) is 2.75. The zero-order valence-corrected chi connectivity index (χ0v) is 19.3. The molecule has 12 heteroatoms. The number of carboxylic acid groups (broad SMARTS) is 1. The smallest absolute Gasteiger partial charge is 0.394 e. The van der Waals surface area contributed by atoms with Crippen LogP contribution >= 0.6 is 35.0 Å². The van der Waals surface area contributed by atoms with Crippen molar-refractivity contribution in [2.45, 2.75) is 9.79 Å². The van der Waals surface area contributed by atoms with Crippen LogP contribution in [0.3, 0.4) is 0 Å². The number of amides is 2. The first kappa shape index (κ1) is 24.6. The van der Waals surface area contributed by atoms with E-state index in [9.17, 15) is 24.5 Å². The molecular weight excluding hydrogens is 493 g/mol. The second-order valence-electron chi connectivity index (χ2n) is 6.92. The van der Waals surface area contributed by atoms with Gasteiger partial charge in [-0.1, -0.05) is 41.0 Å². The van der Waals surface area contributed by atoms with E-state index in [4.69, 9.17) is 28.3 Å². The van der Waals surface area contributed by atoms with Crippen LogP contribution in [0.25, 0.3) is 6.08 Å². The Kier molecular flexibility index (Phi) is 7.96. The van der Waals surface area contributed by atoms with Gasteiger partial charge in [-0.25, -0.2) is 4.79 Å². The molecule has 0 unspecified atom stereocenters. The van der Waals surface area contributed by atoms with Crippen LogP contribution in [0.4, 0.5) is 5.69 Å². The fraction of sp³-hybridized carbons (Fsp3) is 0.190. The van der Waals surface area contributed by atoms with Crippen molar-refractivity contribution in [2.24, 2.45) is 0 Å². The van der Waals surface area contributed by atoms with Gasteiger partial charge in [-0.15, -0.1) is 0 Å². The number of carbonyl (C=O) groups is 3. The Bertz CT molecular complexity index is 1150. The monoisotopic (exact) mass is 509 g/mol. The van der Waals surface area contributed by atoms with Crippen LogP contribution in [0.1, 0.15) is 5.56 Å². The second-order valence-corrected chi connectivity index (χ2v) is 8.84. The average Bonchev–Trinajstić information content (AvgIpc) is 2.79. The zero-order valence-electron chi connectivity index (χ0n) is 16.9. The molecule has 1 aliphatic heterocycles.